The van der Waals surface area contributed by atoms with Gasteiger partial charge in [0.1, 0.15) is 12.1 Å². The van der Waals surface area contributed by atoms with Crippen LogP contribution in [-0.2, 0) is 35.5 Å². The Morgan fingerprint density at radius 3 is 2.96 bits per heavy atom. The molecule has 8 heteroatoms. The van der Waals surface area contributed by atoms with Crippen molar-refractivity contribution >= 4 is 29.1 Å². The molecule has 8 nitrogen and oxygen atoms in total. The first-order valence-corrected chi connectivity index (χ1v) is 9.43. The molecule has 0 saturated carbocycles. The average Bonchev–Trinajstić information content (AvgIpc) is 3.34. The molecule has 0 N–H and O–H groups in total. The van der Waals surface area contributed by atoms with Crippen LogP contribution in [0.15, 0.2) is 30.6 Å². The van der Waals surface area contributed by atoms with Crippen molar-refractivity contribution in [3.05, 3.63) is 42.0 Å². The second-order valence-corrected chi connectivity index (χ2v) is 6.98. The highest BCUT2D eigenvalue weighted by atomic mass is 16.5. The third-order valence-electron chi connectivity index (χ3n) is 5.34. The normalized spacial score (nSPS) is 16.2. The van der Waals surface area contributed by atoms with Gasteiger partial charge in [-0.1, -0.05) is 0 Å². The Labute approximate surface area is 162 Å². The number of ether oxygens (including phenoxy) is 1. The highest BCUT2D eigenvalue weighted by Crippen LogP contribution is 2.36. The number of carbonyl (C=O) groups excluding carboxylic acids is 2. The van der Waals surface area contributed by atoms with Gasteiger partial charge in [-0.25, -0.2) is 9.78 Å². The molecule has 3 aromatic rings. The maximum absolute atomic E-state index is 12.3. The van der Waals surface area contributed by atoms with E-state index in [4.69, 9.17) is 9.72 Å². The Morgan fingerprint density at radius 2 is 2.25 bits per heavy atom. The first kappa shape index (κ1) is 18.2. The van der Waals surface area contributed by atoms with E-state index in [1.54, 1.807) is 11.1 Å². The van der Waals surface area contributed by atoms with Gasteiger partial charge in [-0.15, -0.1) is 0 Å². The fourth-order valence-electron chi connectivity index (χ4n) is 3.97. The molecule has 0 aliphatic carbocycles. The second-order valence-electron chi connectivity index (χ2n) is 6.98. The van der Waals surface area contributed by atoms with Gasteiger partial charge in [0.15, 0.2) is 0 Å². The molecule has 28 heavy (non-hydrogen) atoms. The summed E-state index contributed by atoms with van der Waals surface area (Å²) in [4.78, 5) is 30.2. The molecule has 0 saturated heterocycles. The monoisotopic (exact) mass is 381 g/mol. The summed E-state index contributed by atoms with van der Waals surface area (Å²) in [6, 6.07) is 5.82. The zero-order valence-electron chi connectivity index (χ0n) is 16.0. The second kappa shape index (κ2) is 7.46. The predicted octanol–water partition coefficient (Wildman–Crippen LogP) is 2.58. The maximum Gasteiger partial charge on any atom is 0.414 e. The first-order valence-electron chi connectivity index (χ1n) is 9.43. The zero-order chi connectivity index (χ0) is 19.7. The third-order valence-corrected chi connectivity index (χ3v) is 5.34. The van der Waals surface area contributed by atoms with Crippen LogP contribution in [0, 0.1) is 0 Å². The van der Waals surface area contributed by atoms with Gasteiger partial charge in [0, 0.05) is 37.0 Å². The number of rotatable bonds is 5. The number of nitrogens with zero attached hydrogens (tertiary/aromatic N) is 5. The van der Waals surface area contributed by atoms with Crippen molar-refractivity contribution in [2.45, 2.75) is 45.3 Å². The fourth-order valence-corrected chi connectivity index (χ4v) is 3.97. The molecule has 1 aliphatic rings. The number of carbonyl (C=O) groups is 2. The molecule has 0 bridgehead atoms. The number of hydrogen-bond donors (Lipinski definition) is 0. The van der Waals surface area contributed by atoms with E-state index in [2.05, 4.69) is 5.10 Å². The van der Waals surface area contributed by atoms with Crippen LogP contribution in [0.3, 0.4) is 0 Å². The lowest BCUT2D eigenvalue weighted by Crippen LogP contribution is -2.42. The van der Waals surface area contributed by atoms with E-state index < -0.39 is 0 Å². The van der Waals surface area contributed by atoms with Crippen LogP contribution in [0.2, 0.25) is 0 Å². The lowest BCUT2D eigenvalue weighted by atomic mass is 9.96. The Kier molecular flexibility index (Phi) is 4.85. The van der Waals surface area contributed by atoms with Crippen LogP contribution < -0.4 is 4.90 Å². The number of aromatic nitrogens is 4. The number of anilines is 1. The summed E-state index contributed by atoms with van der Waals surface area (Å²) in [7, 11) is 1.40. The van der Waals surface area contributed by atoms with E-state index >= 15 is 0 Å². The van der Waals surface area contributed by atoms with Crippen LogP contribution >= 0.6 is 0 Å². The van der Waals surface area contributed by atoms with Crippen molar-refractivity contribution < 1.29 is 14.3 Å². The Morgan fingerprint density at radius 1 is 1.39 bits per heavy atom. The molecule has 1 aromatic carbocycles. The fraction of sp³-hybridized carbons (Fsp3) is 0.400. The van der Waals surface area contributed by atoms with Gasteiger partial charge in [-0.05, 0) is 38.0 Å². The number of benzene rings is 1. The van der Waals surface area contributed by atoms with Crippen molar-refractivity contribution in [1.82, 2.24) is 19.3 Å². The topological polar surface area (TPSA) is 82.2 Å². The average molecular weight is 381 g/mol. The molecule has 0 radical (unpaired) electrons. The summed E-state index contributed by atoms with van der Waals surface area (Å²) in [6.07, 6.45) is 6.51. The molecule has 1 atom stereocenters. The number of aryl methyl sites for hydroxylation is 3. The Hall–Kier alpha value is -3.16. The largest absolute Gasteiger partial charge is 0.452 e. The Balaban J connectivity index is 1.78. The SMILES string of the molecule is COC(=O)N1c2ccc3c(nc(CCn4cccn4)n3CC=O)c2CC[C@@H]1C. The first-order chi connectivity index (χ1) is 13.6. The van der Waals surface area contributed by atoms with Gasteiger partial charge >= 0.3 is 6.09 Å². The van der Waals surface area contributed by atoms with E-state index in [1.807, 2.05) is 40.6 Å². The highest BCUT2D eigenvalue weighted by Gasteiger charge is 2.31. The van der Waals surface area contributed by atoms with Crippen LogP contribution in [0.25, 0.3) is 11.0 Å². The van der Waals surface area contributed by atoms with E-state index in [1.165, 1.54) is 7.11 Å². The Bertz CT molecular complexity index is 1010. The number of amides is 1. The molecule has 2 aromatic heterocycles. The molecule has 0 unspecified atom stereocenters. The van der Waals surface area contributed by atoms with Crippen molar-refractivity contribution in [3.63, 3.8) is 0 Å². The number of methoxy groups -OCH3 is 1. The molecule has 146 valence electrons. The quantitative estimate of drug-likeness (QED) is 0.635. The van der Waals surface area contributed by atoms with Gasteiger partial charge in [0.25, 0.3) is 0 Å². The van der Waals surface area contributed by atoms with Crippen LogP contribution in [0.1, 0.15) is 24.7 Å². The van der Waals surface area contributed by atoms with Crippen molar-refractivity contribution in [2.75, 3.05) is 12.0 Å². The summed E-state index contributed by atoms with van der Waals surface area (Å²) in [6.45, 7) is 2.95. The van der Waals surface area contributed by atoms with E-state index in [0.29, 0.717) is 13.0 Å². The molecule has 3 heterocycles. The van der Waals surface area contributed by atoms with E-state index in [-0.39, 0.29) is 18.7 Å². The summed E-state index contributed by atoms with van der Waals surface area (Å²) in [5, 5.41) is 4.23. The number of fused-ring (bicyclic) bond motifs is 3. The van der Waals surface area contributed by atoms with Gasteiger partial charge in [-0.3, -0.25) is 9.58 Å². The standard InChI is InChI=1S/C20H23N5O3/c1-14-4-5-15-16(25(14)20(27)28-2)6-7-17-19(15)22-18(24(17)12-13-26)8-11-23-10-3-9-21-23/h3,6-7,9-10,13-14H,4-5,8,11-12H2,1-2H3/t14-/m0/s1. The minimum Gasteiger partial charge on any atom is -0.452 e. The van der Waals surface area contributed by atoms with Crippen LogP contribution in [-0.4, -0.2) is 44.9 Å². The smallest absolute Gasteiger partial charge is 0.414 e. The van der Waals surface area contributed by atoms with E-state index in [9.17, 15) is 9.59 Å². The van der Waals surface area contributed by atoms with E-state index in [0.717, 1.165) is 47.2 Å². The number of hydrogen-bond acceptors (Lipinski definition) is 5. The third kappa shape index (κ3) is 3.04. The minimum atomic E-state index is -0.362. The predicted molar refractivity (Wildman–Crippen MR) is 104 cm³/mol. The molecular formula is C20H23N5O3. The van der Waals surface area contributed by atoms with Crippen molar-refractivity contribution in [2.24, 2.45) is 0 Å². The van der Waals surface area contributed by atoms with Gasteiger partial charge in [-0.2, -0.15) is 5.10 Å². The zero-order valence-corrected chi connectivity index (χ0v) is 16.0. The summed E-state index contributed by atoms with van der Waals surface area (Å²) >= 11 is 0. The maximum atomic E-state index is 12.3. The van der Waals surface area contributed by atoms with Crippen molar-refractivity contribution in [3.8, 4) is 0 Å². The lowest BCUT2D eigenvalue weighted by molar-refractivity contribution is -0.108. The van der Waals surface area contributed by atoms with Crippen molar-refractivity contribution in [1.29, 1.82) is 0 Å². The van der Waals surface area contributed by atoms with Crippen LogP contribution in [0.4, 0.5) is 10.5 Å². The summed E-state index contributed by atoms with van der Waals surface area (Å²) in [5.41, 5.74) is 3.65. The summed E-state index contributed by atoms with van der Waals surface area (Å²) < 4.78 is 8.78. The molecule has 1 aliphatic heterocycles. The molecule has 0 spiro atoms. The molecule has 0 fully saturated rings. The van der Waals surface area contributed by atoms with Gasteiger partial charge < -0.3 is 14.1 Å². The molecule has 1 amide bonds. The highest BCUT2D eigenvalue weighted by molar-refractivity contribution is 5.95. The summed E-state index contributed by atoms with van der Waals surface area (Å²) in [5.74, 6) is 0.842. The number of aldehydes is 1. The van der Waals surface area contributed by atoms with Crippen LogP contribution in [0.5, 0.6) is 0 Å². The molecular weight excluding hydrogens is 358 g/mol. The van der Waals surface area contributed by atoms with Gasteiger partial charge in [0.2, 0.25) is 0 Å². The molecule has 4 rings (SSSR count). The lowest BCUT2D eigenvalue weighted by Gasteiger charge is -2.34. The minimum absolute atomic E-state index is 0.0637. The van der Waals surface area contributed by atoms with Gasteiger partial charge in [0.05, 0.1) is 30.4 Å². The number of imidazole rings is 1.